The number of amides is 1. The van der Waals surface area contributed by atoms with E-state index in [0.29, 0.717) is 22.5 Å². The second-order valence-corrected chi connectivity index (χ2v) is 5.45. The summed E-state index contributed by atoms with van der Waals surface area (Å²) < 4.78 is 10.5. The number of nitriles is 1. The molecule has 6 nitrogen and oxygen atoms in total. The van der Waals surface area contributed by atoms with Crippen molar-refractivity contribution >= 4 is 28.5 Å². The smallest absolute Gasteiger partial charge is 0.336 e. The fourth-order valence-corrected chi connectivity index (χ4v) is 2.24. The van der Waals surface area contributed by atoms with Crippen molar-refractivity contribution in [1.82, 2.24) is 4.90 Å². The molecular formula is C16H15ClN2O4. The first-order valence-electron chi connectivity index (χ1n) is 6.90. The molecule has 0 bridgehead atoms. The first kappa shape index (κ1) is 16.8. The molecule has 0 unspecified atom stereocenters. The number of carbonyl (C=O) groups excluding carboxylic acids is 1. The van der Waals surface area contributed by atoms with Gasteiger partial charge in [0.25, 0.3) is 5.91 Å². The van der Waals surface area contributed by atoms with E-state index in [0.717, 1.165) is 5.56 Å². The van der Waals surface area contributed by atoms with Gasteiger partial charge in [-0.2, -0.15) is 5.26 Å². The Morgan fingerprint density at radius 2 is 2.17 bits per heavy atom. The fraction of sp³-hybridized carbons (Fsp3) is 0.312. The van der Waals surface area contributed by atoms with Crippen LogP contribution in [-0.4, -0.2) is 31.0 Å². The van der Waals surface area contributed by atoms with Gasteiger partial charge in [-0.1, -0.05) is 11.6 Å². The molecule has 120 valence electrons. The Morgan fingerprint density at radius 1 is 1.43 bits per heavy atom. The first-order chi connectivity index (χ1) is 10.9. The Morgan fingerprint density at radius 3 is 2.87 bits per heavy atom. The minimum Gasteiger partial charge on any atom is -0.482 e. The zero-order valence-corrected chi connectivity index (χ0v) is 13.5. The monoisotopic (exact) mass is 334 g/mol. The highest BCUT2D eigenvalue weighted by Gasteiger charge is 2.13. The van der Waals surface area contributed by atoms with Gasteiger partial charge in [-0.3, -0.25) is 4.79 Å². The predicted molar refractivity (Wildman–Crippen MR) is 85.6 cm³/mol. The van der Waals surface area contributed by atoms with E-state index < -0.39 is 5.63 Å². The number of fused-ring (bicyclic) bond motifs is 1. The Balaban J connectivity index is 2.18. The van der Waals surface area contributed by atoms with Crippen LogP contribution in [0.2, 0.25) is 5.02 Å². The summed E-state index contributed by atoms with van der Waals surface area (Å²) in [7, 11) is 1.59. The summed E-state index contributed by atoms with van der Waals surface area (Å²) in [6.07, 6.45) is 0.253. The molecule has 1 heterocycles. The molecule has 7 heteroatoms. The molecule has 0 saturated heterocycles. The number of benzene rings is 1. The van der Waals surface area contributed by atoms with Gasteiger partial charge in [0.15, 0.2) is 6.61 Å². The van der Waals surface area contributed by atoms with Gasteiger partial charge < -0.3 is 14.1 Å². The Kier molecular flexibility index (Phi) is 5.24. The van der Waals surface area contributed by atoms with E-state index in [1.807, 2.05) is 6.07 Å². The lowest BCUT2D eigenvalue weighted by molar-refractivity contribution is -0.131. The number of likely N-dealkylation sites (N-methyl/N-ethyl adjacent to an activating group) is 1. The van der Waals surface area contributed by atoms with Crippen LogP contribution in [-0.2, 0) is 4.79 Å². The average molecular weight is 335 g/mol. The minimum atomic E-state index is -0.462. The number of hydrogen-bond acceptors (Lipinski definition) is 5. The van der Waals surface area contributed by atoms with Crippen LogP contribution in [0.25, 0.3) is 11.0 Å². The van der Waals surface area contributed by atoms with Gasteiger partial charge in [0, 0.05) is 31.1 Å². The van der Waals surface area contributed by atoms with Crippen molar-refractivity contribution in [2.45, 2.75) is 13.3 Å². The van der Waals surface area contributed by atoms with Crippen molar-refractivity contribution in [2.75, 3.05) is 20.2 Å². The van der Waals surface area contributed by atoms with E-state index in [-0.39, 0.29) is 24.7 Å². The molecule has 0 saturated carbocycles. The maximum atomic E-state index is 11.9. The van der Waals surface area contributed by atoms with Crippen LogP contribution in [0, 0.1) is 18.3 Å². The van der Waals surface area contributed by atoms with Crippen LogP contribution in [0.1, 0.15) is 12.0 Å². The number of rotatable bonds is 5. The summed E-state index contributed by atoms with van der Waals surface area (Å²) in [5.41, 5.74) is 0.632. The largest absolute Gasteiger partial charge is 0.482 e. The summed E-state index contributed by atoms with van der Waals surface area (Å²) in [6, 6.07) is 6.48. The maximum absolute atomic E-state index is 11.9. The SMILES string of the molecule is Cc1cc(=O)oc2cc(OCC(=O)N(C)CCC#N)c(Cl)cc12. The molecule has 0 radical (unpaired) electrons. The molecule has 2 aromatic rings. The van der Waals surface area contributed by atoms with Gasteiger partial charge in [-0.15, -0.1) is 0 Å². The lowest BCUT2D eigenvalue weighted by atomic mass is 10.1. The highest BCUT2D eigenvalue weighted by molar-refractivity contribution is 6.32. The van der Waals surface area contributed by atoms with Crippen LogP contribution in [0.15, 0.2) is 27.4 Å². The van der Waals surface area contributed by atoms with Crippen LogP contribution >= 0.6 is 11.6 Å². The summed E-state index contributed by atoms with van der Waals surface area (Å²) in [5, 5.41) is 9.54. The van der Waals surface area contributed by atoms with Gasteiger partial charge >= 0.3 is 5.63 Å². The van der Waals surface area contributed by atoms with Gasteiger partial charge in [0.05, 0.1) is 17.5 Å². The highest BCUT2D eigenvalue weighted by atomic mass is 35.5. The average Bonchev–Trinajstić information content (AvgIpc) is 2.51. The van der Waals surface area contributed by atoms with Gasteiger partial charge in [0.2, 0.25) is 0 Å². The van der Waals surface area contributed by atoms with Gasteiger partial charge in [-0.25, -0.2) is 4.79 Å². The molecule has 0 aliphatic rings. The summed E-state index contributed by atoms with van der Waals surface area (Å²) in [6.45, 7) is 1.89. The van der Waals surface area contributed by atoms with E-state index >= 15 is 0 Å². The van der Waals surface area contributed by atoms with Gasteiger partial charge in [0.1, 0.15) is 11.3 Å². The lowest BCUT2D eigenvalue weighted by Crippen LogP contribution is -2.32. The molecule has 23 heavy (non-hydrogen) atoms. The van der Waals surface area contributed by atoms with E-state index in [1.54, 1.807) is 20.0 Å². The van der Waals surface area contributed by atoms with Crippen molar-refractivity contribution < 1.29 is 13.9 Å². The standard InChI is InChI=1S/C16H15ClN2O4/c1-10-6-16(21)23-13-8-14(12(17)7-11(10)13)22-9-15(20)19(2)5-3-4-18/h6-8H,3,5,9H2,1-2H3. The van der Waals surface area contributed by atoms with Crippen molar-refractivity contribution in [3.63, 3.8) is 0 Å². The second kappa shape index (κ2) is 7.16. The molecule has 2 rings (SSSR count). The predicted octanol–water partition coefficient (Wildman–Crippen LogP) is 2.51. The summed E-state index contributed by atoms with van der Waals surface area (Å²) >= 11 is 6.15. The quantitative estimate of drug-likeness (QED) is 0.784. The van der Waals surface area contributed by atoms with Crippen LogP contribution in [0.5, 0.6) is 5.75 Å². The number of halogens is 1. The number of hydrogen-bond donors (Lipinski definition) is 0. The number of aryl methyl sites for hydroxylation is 1. The first-order valence-corrected chi connectivity index (χ1v) is 7.28. The Bertz CT molecular complexity index is 838. The molecular weight excluding hydrogens is 320 g/mol. The zero-order chi connectivity index (χ0) is 17.0. The molecule has 1 aromatic carbocycles. The van der Waals surface area contributed by atoms with E-state index in [4.69, 9.17) is 26.0 Å². The Labute approximate surface area is 137 Å². The van der Waals surface area contributed by atoms with Crippen LogP contribution in [0.4, 0.5) is 0 Å². The van der Waals surface area contributed by atoms with Crippen molar-refractivity contribution in [1.29, 1.82) is 5.26 Å². The normalized spacial score (nSPS) is 10.3. The molecule has 0 fully saturated rings. The van der Waals surface area contributed by atoms with E-state index in [2.05, 4.69) is 0 Å². The molecule has 1 amide bonds. The molecule has 1 aromatic heterocycles. The van der Waals surface area contributed by atoms with Crippen LogP contribution < -0.4 is 10.4 Å². The number of carbonyl (C=O) groups is 1. The molecule has 0 aliphatic carbocycles. The third kappa shape index (κ3) is 4.02. The molecule has 0 N–H and O–H groups in total. The topological polar surface area (TPSA) is 83.5 Å². The van der Waals surface area contributed by atoms with Crippen molar-refractivity contribution in [3.05, 3.63) is 39.2 Å². The fourth-order valence-electron chi connectivity index (χ4n) is 2.02. The van der Waals surface area contributed by atoms with E-state index in [1.165, 1.54) is 17.0 Å². The number of nitrogens with zero attached hydrogens (tertiary/aromatic N) is 2. The third-order valence-electron chi connectivity index (χ3n) is 3.34. The van der Waals surface area contributed by atoms with E-state index in [9.17, 15) is 9.59 Å². The minimum absolute atomic E-state index is 0.219. The number of ether oxygens (including phenoxy) is 1. The lowest BCUT2D eigenvalue weighted by Gasteiger charge is -2.16. The summed E-state index contributed by atoms with van der Waals surface area (Å²) in [5.74, 6) is -0.0166. The Hall–Kier alpha value is -2.52. The zero-order valence-electron chi connectivity index (χ0n) is 12.8. The van der Waals surface area contributed by atoms with Crippen molar-refractivity contribution in [3.8, 4) is 11.8 Å². The molecule has 0 aliphatic heterocycles. The maximum Gasteiger partial charge on any atom is 0.336 e. The summed E-state index contributed by atoms with van der Waals surface area (Å²) in [4.78, 5) is 24.7. The third-order valence-corrected chi connectivity index (χ3v) is 3.64. The van der Waals surface area contributed by atoms with Crippen LogP contribution in [0.3, 0.4) is 0 Å². The highest BCUT2D eigenvalue weighted by Crippen LogP contribution is 2.30. The molecule has 0 atom stereocenters. The molecule has 0 spiro atoms. The second-order valence-electron chi connectivity index (χ2n) is 5.04. The van der Waals surface area contributed by atoms with Gasteiger partial charge in [-0.05, 0) is 18.6 Å². The van der Waals surface area contributed by atoms with Crippen molar-refractivity contribution in [2.24, 2.45) is 0 Å².